The molecule has 0 fully saturated rings. The van der Waals surface area contributed by atoms with Crippen molar-refractivity contribution in [1.82, 2.24) is 0 Å². The molecule has 0 unspecified atom stereocenters. The lowest BCUT2D eigenvalue weighted by Gasteiger charge is -2.03. The smallest absolute Gasteiger partial charge is 0.0991 e. The third kappa shape index (κ3) is 2.93. The largest absolute Gasteiger partial charge is 0.392 e. The van der Waals surface area contributed by atoms with E-state index in [-0.39, 0.29) is 6.61 Å². The van der Waals surface area contributed by atoms with Gasteiger partial charge in [0.1, 0.15) is 0 Å². The van der Waals surface area contributed by atoms with Gasteiger partial charge in [-0.1, -0.05) is 36.4 Å². The van der Waals surface area contributed by atoms with E-state index in [0.29, 0.717) is 5.56 Å². The summed E-state index contributed by atoms with van der Waals surface area (Å²) in [6.07, 6.45) is 0.807. The van der Waals surface area contributed by atoms with Gasteiger partial charge in [-0.25, -0.2) is 0 Å². The molecule has 0 heterocycles. The normalized spacial score (nSPS) is 9.88. The van der Waals surface area contributed by atoms with Gasteiger partial charge in [0, 0.05) is 0 Å². The molecule has 0 saturated carbocycles. The summed E-state index contributed by atoms with van der Waals surface area (Å²) >= 11 is 0. The highest BCUT2D eigenvalue weighted by Crippen LogP contribution is 2.12. The van der Waals surface area contributed by atoms with Crippen LogP contribution in [0.4, 0.5) is 0 Å². The molecule has 2 nitrogen and oxygen atoms in total. The maximum absolute atomic E-state index is 8.95. The lowest BCUT2D eigenvalue weighted by Crippen LogP contribution is -1.90. The number of nitriles is 1. The molecule has 0 aromatic heterocycles. The van der Waals surface area contributed by atoms with Crippen LogP contribution < -0.4 is 0 Å². The van der Waals surface area contributed by atoms with Crippen LogP contribution in [0.3, 0.4) is 0 Å². The molecule has 2 rings (SSSR count). The predicted octanol–water partition coefficient (Wildman–Crippen LogP) is 2.64. The molecule has 0 radical (unpaired) electrons. The predicted molar refractivity (Wildman–Crippen MR) is 66.3 cm³/mol. The molecule has 0 saturated heterocycles. The maximum Gasteiger partial charge on any atom is 0.0991 e. The minimum Gasteiger partial charge on any atom is -0.392 e. The van der Waals surface area contributed by atoms with Gasteiger partial charge in [-0.15, -0.1) is 0 Å². The summed E-state index contributed by atoms with van der Waals surface area (Å²) < 4.78 is 0. The van der Waals surface area contributed by atoms with Crippen molar-refractivity contribution in [1.29, 1.82) is 5.26 Å². The van der Waals surface area contributed by atoms with Crippen molar-refractivity contribution in [2.45, 2.75) is 13.0 Å². The molecule has 2 aromatic rings. The van der Waals surface area contributed by atoms with Crippen LogP contribution in [0.15, 0.2) is 48.5 Å². The van der Waals surface area contributed by atoms with E-state index in [1.54, 1.807) is 6.07 Å². The molecule has 0 spiro atoms. The Morgan fingerprint density at radius 3 is 2.29 bits per heavy atom. The van der Waals surface area contributed by atoms with E-state index in [9.17, 15) is 0 Å². The first-order valence-corrected chi connectivity index (χ1v) is 5.49. The van der Waals surface area contributed by atoms with Gasteiger partial charge in [0.05, 0.1) is 18.2 Å². The van der Waals surface area contributed by atoms with E-state index in [1.165, 1.54) is 5.56 Å². The van der Waals surface area contributed by atoms with Crippen molar-refractivity contribution >= 4 is 0 Å². The number of nitrogens with zero attached hydrogens (tertiary/aromatic N) is 1. The molecule has 0 aliphatic carbocycles. The zero-order chi connectivity index (χ0) is 12.1. The molecule has 84 valence electrons. The van der Waals surface area contributed by atoms with Crippen LogP contribution >= 0.6 is 0 Å². The van der Waals surface area contributed by atoms with Gasteiger partial charge in [0.25, 0.3) is 0 Å². The second-order valence-electron chi connectivity index (χ2n) is 3.96. The number of hydrogen-bond donors (Lipinski definition) is 1. The van der Waals surface area contributed by atoms with Crippen molar-refractivity contribution < 1.29 is 5.11 Å². The Hall–Kier alpha value is -2.11. The van der Waals surface area contributed by atoms with Crippen molar-refractivity contribution in [3.05, 3.63) is 70.8 Å². The molecule has 0 aliphatic rings. The van der Waals surface area contributed by atoms with Gasteiger partial charge in [-0.3, -0.25) is 0 Å². The van der Waals surface area contributed by atoms with E-state index in [2.05, 4.69) is 6.07 Å². The first-order valence-electron chi connectivity index (χ1n) is 5.49. The first-order chi connectivity index (χ1) is 8.31. The SMILES string of the molecule is N#Cc1cccc(Cc2ccc(CO)cc2)c1. The Kier molecular flexibility index (Phi) is 3.54. The standard InChI is InChI=1S/C15H13NO/c16-10-15-3-1-2-14(9-15)8-12-4-6-13(11-17)7-5-12/h1-7,9,17H,8,11H2. The molecule has 1 N–H and O–H groups in total. The molecular formula is C15H13NO. The number of aliphatic hydroxyl groups excluding tert-OH is 1. The highest BCUT2D eigenvalue weighted by Gasteiger charge is 1.98. The molecule has 2 heteroatoms. The fraction of sp³-hybridized carbons (Fsp3) is 0.133. The zero-order valence-electron chi connectivity index (χ0n) is 9.43. The average molecular weight is 223 g/mol. The van der Waals surface area contributed by atoms with Crippen LogP contribution in [-0.2, 0) is 13.0 Å². The summed E-state index contributed by atoms with van der Waals surface area (Å²) in [6, 6.07) is 17.6. The second-order valence-corrected chi connectivity index (χ2v) is 3.96. The fourth-order valence-corrected chi connectivity index (χ4v) is 1.75. The molecular weight excluding hydrogens is 210 g/mol. The minimum atomic E-state index is 0.0736. The molecule has 0 bridgehead atoms. The van der Waals surface area contributed by atoms with Gasteiger partial charge in [-0.2, -0.15) is 5.26 Å². The van der Waals surface area contributed by atoms with Gasteiger partial charge >= 0.3 is 0 Å². The van der Waals surface area contributed by atoms with Crippen molar-refractivity contribution in [2.75, 3.05) is 0 Å². The summed E-state index contributed by atoms with van der Waals surface area (Å²) in [6.45, 7) is 0.0736. The Labute approximate surface area is 101 Å². The third-order valence-corrected chi connectivity index (χ3v) is 2.67. The molecule has 17 heavy (non-hydrogen) atoms. The third-order valence-electron chi connectivity index (χ3n) is 2.67. The van der Waals surface area contributed by atoms with Crippen LogP contribution in [0.25, 0.3) is 0 Å². The summed E-state index contributed by atoms with van der Waals surface area (Å²) in [5.41, 5.74) is 3.91. The lowest BCUT2D eigenvalue weighted by molar-refractivity contribution is 0.282. The maximum atomic E-state index is 8.95. The van der Waals surface area contributed by atoms with E-state index < -0.39 is 0 Å². The van der Waals surface area contributed by atoms with Crippen LogP contribution in [-0.4, -0.2) is 5.11 Å². The highest BCUT2D eigenvalue weighted by atomic mass is 16.3. The minimum absolute atomic E-state index is 0.0736. The summed E-state index contributed by atoms with van der Waals surface area (Å²) in [4.78, 5) is 0. The van der Waals surface area contributed by atoms with Crippen molar-refractivity contribution in [3.8, 4) is 6.07 Å². The first kappa shape index (κ1) is 11.4. The Balaban J connectivity index is 2.16. The van der Waals surface area contributed by atoms with Crippen molar-refractivity contribution in [2.24, 2.45) is 0 Å². The summed E-state index contributed by atoms with van der Waals surface area (Å²) in [5.74, 6) is 0. The topological polar surface area (TPSA) is 44.0 Å². The van der Waals surface area contributed by atoms with E-state index in [1.807, 2.05) is 42.5 Å². The zero-order valence-corrected chi connectivity index (χ0v) is 9.43. The Morgan fingerprint density at radius 1 is 0.941 bits per heavy atom. The number of benzene rings is 2. The van der Waals surface area contributed by atoms with E-state index >= 15 is 0 Å². The highest BCUT2D eigenvalue weighted by molar-refractivity contribution is 5.35. The molecule has 0 aliphatic heterocycles. The van der Waals surface area contributed by atoms with Crippen molar-refractivity contribution in [3.63, 3.8) is 0 Å². The summed E-state index contributed by atoms with van der Waals surface area (Å²) in [5, 5.41) is 17.8. The number of hydrogen-bond acceptors (Lipinski definition) is 2. The van der Waals surface area contributed by atoms with Crippen LogP contribution in [0.1, 0.15) is 22.3 Å². The van der Waals surface area contributed by atoms with Gasteiger partial charge in [-0.05, 0) is 35.2 Å². The van der Waals surface area contributed by atoms with E-state index in [0.717, 1.165) is 17.5 Å². The Morgan fingerprint density at radius 2 is 1.65 bits per heavy atom. The molecule has 0 atom stereocenters. The van der Waals surface area contributed by atoms with Crippen LogP contribution in [0, 0.1) is 11.3 Å². The molecule has 0 amide bonds. The Bertz CT molecular complexity index is 538. The average Bonchev–Trinajstić information content (AvgIpc) is 2.40. The van der Waals surface area contributed by atoms with Crippen LogP contribution in [0.5, 0.6) is 0 Å². The fourth-order valence-electron chi connectivity index (χ4n) is 1.75. The van der Waals surface area contributed by atoms with E-state index in [4.69, 9.17) is 10.4 Å². The van der Waals surface area contributed by atoms with Gasteiger partial charge in [0.15, 0.2) is 0 Å². The number of aliphatic hydroxyl groups is 1. The van der Waals surface area contributed by atoms with Gasteiger partial charge in [0.2, 0.25) is 0 Å². The van der Waals surface area contributed by atoms with Crippen LogP contribution in [0.2, 0.25) is 0 Å². The van der Waals surface area contributed by atoms with Gasteiger partial charge < -0.3 is 5.11 Å². The quantitative estimate of drug-likeness (QED) is 0.869. The second kappa shape index (κ2) is 5.29. The lowest BCUT2D eigenvalue weighted by atomic mass is 10.0. The summed E-state index contributed by atoms with van der Waals surface area (Å²) in [7, 11) is 0. The monoisotopic (exact) mass is 223 g/mol. The number of rotatable bonds is 3. The molecule has 2 aromatic carbocycles.